The van der Waals surface area contributed by atoms with Crippen LogP contribution < -0.4 is 9.47 Å². The van der Waals surface area contributed by atoms with Crippen LogP contribution in [0.1, 0.15) is 31.4 Å². The van der Waals surface area contributed by atoms with Crippen LogP contribution in [0.25, 0.3) is 6.08 Å². The number of carbonyl (C=O) groups is 2. The molecule has 10 heteroatoms. The van der Waals surface area contributed by atoms with E-state index in [1.165, 1.54) is 25.3 Å². The fourth-order valence-corrected chi connectivity index (χ4v) is 4.06. The van der Waals surface area contributed by atoms with Gasteiger partial charge in [-0.15, -0.1) is 0 Å². The molecule has 8 nitrogen and oxygen atoms in total. The minimum absolute atomic E-state index is 0.0578. The van der Waals surface area contributed by atoms with Crippen LogP contribution in [0.2, 0.25) is 5.02 Å². The van der Waals surface area contributed by atoms with E-state index in [0.29, 0.717) is 27.6 Å². The van der Waals surface area contributed by atoms with E-state index in [1.54, 1.807) is 24.3 Å². The van der Waals surface area contributed by atoms with E-state index in [2.05, 4.69) is 0 Å². The average molecular weight is 477 g/mol. The number of nitro benzene ring substituents is 1. The van der Waals surface area contributed by atoms with E-state index in [1.807, 2.05) is 13.8 Å². The van der Waals surface area contributed by atoms with Gasteiger partial charge in [0.05, 0.1) is 34.6 Å². The fourth-order valence-electron chi connectivity index (χ4n) is 2.96. The molecule has 3 rings (SSSR count). The first kappa shape index (κ1) is 23.6. The molecule has 0 radical (unpaired) electrons. The Morgan fingerprint density at radius 3 is 2.69 bits per heavy atom. The van der Waals surface area contributed by atoms with Gasteiger partial charge in [0, 0.05) is 12.1 Å². The molecule has 1 aliphatic heterocycles. The van der Waals surface area contributed by atoms with E-state index in [9.17, 15) is 19.7 Å². The van der Waals surface area contributed by atoms with Crippen molar-refractivity contribution in [1.82, 2.24) is 4.90 Å². The number of nitro groups is 1. The number of ether oxygens (including phenoxy) is 2. The first-order valence-corrected chi connectivity index (χ1v) is 11.0. The Balaban J connectivity index is 1.85. The molecule has 1 aliphatic rings. The fraction of sp³-hybridized carbons (Fsp3) is 0.273. The number of hydrogen-bond acceptors (Lipinski definition) is 7. The second-order valence-corrected chi connectivity index (χ2v) is 8.47. The zero-order chi connectivity index (χ0) is 23.4. The van der Waals surface area contributed by atoms with Gasteiger partial charge in [-0.1, -0.05) is 30.7 Å². The molecule has 32 heavy (non-hydrogen) atoms. The zero-order valence-corrected chi connectivity index (χ0v) is 19.2. The molecule has 0 aliphatic carbocycles. The maximum Gasteiger partial charge on any atom is 0.293 e. The first-order valence-electron chi connectivity index (χ1n) is 9.76. The standard InChI is InChI=1S/C22H21ClN2O6S/c1-4-13(2)31-20-17(23)9-15(10-18(20)30-3)11-19-21(26)24(22(27)32-19)12-14-6-5-7-16(8-14)25(28)29/h5-11,13H,4,12H2,1-3H3/b19-11+/t13-/m0/s1. The summed E-state index contributed by atoms with van der Waals surface area (Å²) in [4.78, 5) is 37.0. The normalized spacial score (nSPS) is 15.9. The predicted octanol–water partition coefficient (Wildman–Crippen LogP) is 5.67. The Kier molecular flexibility index (Phi) is 7.42. The van der Waals surface area contributed by atoms with Crippen molar-refractivity contribution in [2.45, 2.75) is 32.9 Å². The number of rotatable bonds is 8. The second-order valence-electron chi connectivity index (χ2n) is 7.07. The van der Waals surface area contributed by atoms with Crippen molar-refractivity contribution in [2.75, 3.05) is 7.11 Å². The van der Waals surface area contributed by atoms with Gasteiger partial charge in [0.1, 0.15) is 0 Å². The molecule has 1 atom stereocenters. The van der Waals surface area contributed by atoms with E-state index in [4.69, 9.17) is 21.1 Å². The molecule has 2 amide bonds. The number of amides is 2. The second kappa shape index (κ2) is 10.1. The molecular formula is C22H21ClN2O6S. The lowest BCUT2D eigenvalue weighted by atomic mass is 10.1. The van der Waals surface area contributed by atoms with Gasteiger partial charge in [0.25, 0.3) is 16.8 Å². The molecule has 0 aromatic heterocycles. The molecule has 2 aromatic carbocycles. The smallest absolute Gasteiger partial charge is 0.293 e. The first-order chi connectivity index (χ1) is 15.2. The third-order valence-corrected chi connectivity index (χ3v) is 5.97. The highest BCUT2D eigenvalue weighted by molar-refractivity contribution is 8.18. The summed E-state index contributed by atoms with van der Waals surface area (Å²) < 4.78 is 11.2. The van der Waals surface area contributed by atoms with Gasteiger partial charge < -0.3 is 9.47 Å². The summed E-state index contributed by atoms with van der Waals surface area (Å²) in [7, 11) is 1.49. The number of benzene rings is 2. The van der Waals surface area contributed by atoms with Gasteiger partial charge in [-0.05, 0) is 54.4 Å². The Bertz CT molecular complexity index is 1100. The third-order valence-electron chi connectivity index (χ3n) is 4.78. The van der Waals surface area contributed by atoms with Gasteiger partial charge >= 0.3 is 0 Å². The molecule has 1 fully saturated rings. The third kappa shape index (κ3) is 5.23. The maximum atomic E-state index is 12.8. The molecule has 1 heterocycles. The van der Waals surface area contributed by atoms with Crippen LogP contribution in [0.4, 0.5) is 10.5 Å². The summed E-state index contributed by atoms with van der Waals surface area (Å²) in [6.07, 6.45) is 2.29. The summed E-state index contributed by atoms with van der Waals surface area (Å²) in [5.41, 5.74) is 0.953. The highest BCUT2D eigenvalue weighted by atomic mass is 35.5. The number of non-ortho nitro benzene ring substituents is 1. The van der Waals surface area contributed by atoms with Crippen LogP contribution >= 0.6 is 23.4 Å². The summed E-state index contributed by atoms with van der Waals surface area (Å²) in [6.45, 7) is 3.85. The van der Waals surface area contributed by atoms with Crippen molar-refractivity contribution < 1.29 is 24.0 Å². The highest BCUT2D eigenvalue weighted by Crippen LogP contribution is 2.40. The number of hydrogen-bond donors (Lipinski definition) is 0. The average Bonchev–Trinajstić information content (AvgIpc) is 3.02. The van der Waals surface area contributed by atoms with Crippen LogP contribution in [0.5, 0.6) is 11.5 Å². The lowest BCUT2D eigenvalue weighted by Crippen LogP contribution is -2.27. The lowest BCUT2D eigenvalue weighted by molar-refractivity contribution is -0.384. The molecule has 0 N–H and O–H groups in total. The van der Waals surface area contributed by atoms with Crippen molar-refractivity contribution in [3.63, 3.8) is 0 Å². The van der Waals surface area contributed by atoms with E-state index in [-0.39, 0.29) is 23.2 Å². The number of nitrogens with zero attached hydrogens (tertiary/aromatic N) is 2. The van der Waals surface area contributed by atoms with Crippen molar-refractivity contribution in [2.24, 2.45) is 0 Å². The number of halogens is 1. The topological polar surface area (TPSA) is 99.0 Å². The van der Waals surface area contributed by atoms with Crippen molar-refractivity contribution in [1.29, 1.82) is 0 Å². The van der Waals surface area contributed by atoms with Crippen LogP contribution in [0.15, 0.2) is 41.3 Å². The molecule has 0 unspecified atom stereocenters. The van der Waals surface area contributed by atoms with Crippen LogP contribution in [0, 0.1) is 10.1 Å². The van der Waals surface area contributed by atoms with E-state index < -0.39 is 16.1 Å². The molecule has 1 saturated heterocycles. The van der Waals surface area contributed by atoms with E-state index in [0.717, 1.165) is 23.1 Å². The lowest BCUT2D eigenvalue weighted by Gasteiger charge is -2.17. The van der Waals surface area contributed by atoms with Crippen LogP contribution in [0.3, 0.4) is 0 Å². The molecule has 2 aromatic rings. The minimum Gasteiger partial charge on any atom is -0.493 e. The van der Waals surface area contributed by atoms with Crippen molar-refractivity contribution in [3.05, 3.63) is 67.6 Å². The van der Waals surface area contributed by atoms with Gasteiger partial charge in [0.2, 0.25) is 0 Å². The molecule has 0 saturated carbocycles. The van der Waals surface area contributed by atoms with Gasteiger partial charge in [-0.2, -0.15) is 0 Å². The summed E-state index contributed by atoms with van der Waals surface area (Å²) >= 11 is 7.18. The number of carbonyl (C=O) groups excluding carboxylic acids is 2. The minimum atomic E-state index is -0.525. The Morgan fingerprint density at radius 1 is 1.28 bits per heavy atom. The quantitative estimate of drug-likeness (QED) is 0.275. The number of thioether (sulfide) groups is 1. The van der Waals surface area contributed by atoms with Crippen molar-refractivity contribution >= 4 is 46.3 Å². The monoisotopic (exact) mass is 476 g/mol. The number of methoxy groups -OCH3 is 1. The maximum absolute atomic E-state index is 12.8. The molecule has 168 valence electrons. The summed E-state index contributed by atoms with van der Waals surface area (Å²) in [6, 6.07) is 9.14. The van der Waals surface area contributed by atoms with Gasteiger partial charge in [0.15, 0.2) is 11.5 Å². The van der Waals surface area contributed by atoms with Gasteiger partial charge in [-0.25, -0.2) is 0 Å². The van der Waals surface area contributed by atoms with Crippen LogP contribution in [-0.4, -0.2) is 34.2 Å². The highest BCUT2D eigenvalue weighted by Gasteiger charge is 2.35. The van der Waals surface area contributed by atoms with Crippen molar-refractivity contribution in [3.8, 4) is 11.5 Å². The SMILES string of the molecule is CC[C@H](C)Oc1c(Cl)cc(/C=C2/SC(=O)N(Cc3cccc([N+](=O)[O-])c3)C2=O)cc1OC. The van der Waals surface area contributed by atoms with Gasteiger partial charge in [-0.3, -0.25) is 24.6 Å². The Labute approximate surface area is 194 Å². The molecule has 0 bridgehead atoms. The number of imide groups is 1. The predicted molar refractivity (Wildman–Crippen MR) is 123 cm³/mol. The Hall–Kier alpha value is -3.04. The summed E-state index contributed by atoms with van der Waals surface area (Å²) in [5, 5.41) is 10.8. The van der Waals surface area contributed by atoms with E-state index >= 15 is 0 Å². The van der Waals surface area contributed by atoms with Crippen LogP contribution in [-0.2, 0) is 11.3 Å². The largest absolute Gasteiger partial charge is 0.493 e. The Morgan fingerprint density at radius 2 is 2.03 bits per heavy atom. The summed E-state index contributed by atoms with van der Waals surface area (Å²) in [5.74, 6) is 0.348. The zero-order valence-electron chi connectivity index (χ0n) is 17.7. The molecule has 0 spiro atoms. The molecular weight excluding hydrogens is 456 g/mol.